The van der Waals surface area contributed by atoms with Crippen LogP contribution in [0, 0.1) is 17.8 Å². The molecule has 4 rings (SSSR count). The molecule has 2 heterocycles. The minimum atomic E-state index is 0.612. The van der Waals surface area contributed by atoms with Gasteiger partial charge in [0.05, 0.1) is 0 Å². The lowest BCUT2D eigenvalue weighted by Gasteiger charge is -2.31. The number of hydrogen-bond acceptors (Lipinski definition) is 3. The number of piperidine rings is 1. The van der Waals surface area contributed by atoms with Crippen LogP contribution < -0.4 is 0 Å². The van der Waals surface area contributed by atoms with Gasteiger partial charge in [-0.25, -0.2) is 0 Å². The van der Waals surface area contributed by atoms with Gasteiger partial charge in [-0.2, -0.15) is 0 Å². The first-order valence-corrected chi connectivity index (χ1v) is 11.2. The van der Waals surface area contributed by atoms with Crippen LogP contribution in [0.4, 0.5) is 0 Å². The average Bonchev–Trinajstić information content (AvgIpc) is 2.80. The fourth-order valence-electron chi connectivity index (χ4n) is 4.24. The fourth-order valence-corrected chi connectivity index (χ4v) is 4.24. The molecule has 30 heavy (non-hydrogen) atoms. The maximum atomic E-state index is 5.90. The summed E-state index contributed by atoms with van der Waals surface area (Å²) in [6, 6.07) is 10.9. The molecule has 1 aromatic rings. The van der Waals surface area contributed by atoms with E-state index in [0.717, 1.165) is 43.9 Å². The Morgan fingerprint density at radius 2 is 1.93 bits per heavy atom. The summed E-state index contributed by atoms with van der Waals surface area (Å²) in [5, 5.41) is 0. The van der Waals surface area contributed by atoms with Gasteiger partial charge < -0.3 is 14.4 Å². The molecule has 0 bridgehead atoms. The molecule has 1 saturated heterocycles. The number of rotatable bonds is 6. The summed E-state index contributed by atoms with van der Waals surface area (Å²) < 4.78 is 11.3. The zero-order valence-corrected chi connectivity index (χ0v) is 17.7. The molecule has 156 valence electrons. The first-order chi connectivity index (χ1) is 14.8. The van der Waals surface area contributed by atoms with Crippen LogP contribution in [0.15, 0.2) is 78.2 Å². The smallest absolute Gasteiger partial charge is 0.212 e. The number of nitrogens with zero attached hydrogens (tertiary/aromatic N) is 1. The van der Waals surface area contributed by atoms with Crippen molar-refractivity contribution in [2.75, 3.05) is 19.6 Å². The van der Waals surface area contributed by atoms with Crippen molar-refractivity contribution < 1.29 is 9.47 Å². The lowest BCUT2D eigenvalue weighted by molar-refractivity contribution is 0.187. The molecule has 0 amide bonds. The van der Waals surface area contributed by atoms with Crippen LogP contribution in [0.3, 0.4) is 0 Å². The summed E-state index contributed by atoms with van der Waals surface area (Å²) in [5.41, 5.74) is 2.84. The second-order valence-electron chi connectivity index (χ2n) is 8.30. The zero-order chi connectivity index (χ0) is 20.4. The Bertz CT molecular complexity index is 874. The van der Waals surface area contributed by atoms with E-state index in [0.29, 0.717) is 5.76 Å². The molecule has 0 spiro atoms. The SMILES string of the molecule is C(#CC1=COC=C(CC2=CC=CCC2)O1)CCN1CCC(Cc2ccccc2)CC1. The van der Waals surface area contributed by atoms with Gasteiger partial charge in [0.25, 0.3) is 0 Å². The van der Waals surface area contributed by atoms with Crippen molar-refractivity contribution in [3.05, 3.63) is 83.7 Å². The molecule has 3 aliphatic rings. The highest BCUT2D eigenvalue weighted by Crippen LogP contribution is 2.24. The number of ether oxygens (including phenoxy) is 2. The quantitative estimate of drug-likeness (QED) is 0.568. The highest BCUT2D eigenvalue weighted by molar-refractivity contribution is 5.27. The van der Waals surface area contributed by atoms with Crippen molar-refractivity contribution in [3.63, 3.8) is 0 Å². The van der Waals surface area contributed by atoms with Gasteiger partial charge in [-0.15, -0.1) is 0 Å². The highest BCUT2D eigenvalue weighted by Gasteiger charge is 2.18. The Hall–Kier alpha value is -2.70. The Morgan fingerprint density at radius 3 is 2.73 bits per heavy atom. The van der Waals surface area contributed by atoms with E-state index in [1.165, 1.54) is 43.5 Å². The van der Waals surface area contributed by atoms with E-state index >= 15 is 0 Å². The molecular formula is C27H31NO2. The normalized spacial score (nSPS) is 19.5. The molecule has 0 atom stereocenters. The van der Waals surface area contributed by atoms with E-state index in [9.17, 15) is 0 Å². The summed E-state index contributed by atoms with van der Waals surface area (Å²) in [6.45, 7) is 3.39. The molecule has 3 heteroatoms. The van der Waals surface area contributed by atoms with E-state index in [-0.39, 0.29) is 0 Å². The molecule has 1 aromatic carbocycles. The molecule has 0 N–H and O–H groups in total. The van der Waals surface area contributed by atoms with Gasteiger partial charge in [0.15, 0.2) is 0 Å². The molecule has 3 nitrogen and oxygen atoms in total. The maximum Gasteiger partial charge on any atom is 0.212 e. The molecular weight excluding hydrogens is 370 g/mol. The highest BCUT2D eigenvalue weighted by atomic mass is 16.5. The molecule has 0 saturated carbocycles. The summed E-state index contributed by atoms with van der Waals surface area (Å²) >= 11 is 0. The number of allylic oxidation sites excluding steroid dienone is 5. The first kappa shape index (κ1) is 20.6. The van der Waals surface area contributed by atoms with Crippen LogP contribution >= 0.6 is 0 Å². The molecule has 1 aliphatic carbocycles. The van der Waals surface area contributed by atoms with Crippen molar-refractivity contribution in [2.24, 2.45) is 5.92 Å². The van der Waals surface area contributed by atoms with Crippen LogP contribution in [-0.4, -0.2) is 24.5 Å². The van der Waals surface area contributed by atoms with Crippen molar-refractivity contribution in [1.29, 1.82) is 0 Å². The topological polar surface area (TPSA) is 21.7 Å². The lowest BCUT2D eigenvalue weighted by Crippen LogP contribution is -2.34. The number of benzene rings is 1. The third kappa shape index (κ3) is 6.40. The van der Waals surface area contributed by atoms with Gasteiger partial charge >= 0.3 is 0 Å². The summed E-state index contributed by atoms with van der Waals surface area (Å²) in [4.78, 5) is 2.54. The largest absolute Gasteiger partial charge is 0.464 e. The third-order valence-electron chi connectivity index (χ3n) is 5.96. The van der Waals surface area contributed by atoms with E-state index in [2.05, 4.69) is 65.3 Å². The standard InChI is InChI=1S/C27H31NO2/c1-3-9-23(10-4-1)19-25-14-17-28(18-15-25)16-8-7-13-26-21-29-22-27(30-26)20-24-11-5-2-6-12-24/h1-5,9-11,21-22,25H,6,8,12,14-20H2. The summed E-state index contributed by atoms with van der Waals surface area (Å²) in [6.07, 6.45) is 17.4. The monoisotopic (exact) mass is 401 g/mol. The Kier molecular flexibility index (Phi) is 7.47. The molecule has 0 radical (unpaired) electrons. The minimum Gasteiger partial charge on any atom is -0.464 e. The molecule has 0 aromatic heterocycles. The second-order valence-corrected chi connectivity index (χ2v) is 8.30. The number of likely N-dealkylation sites (tertiary alicyclic amines) is 1. The van der Waals surface area contributed by atoms with Crippen molar-refractivity contribution in [3.8, 4) is 11.8 Å². The maximum absolute atomic E-state index is 5.90. The lowest BCUT2D eigenvalue weighted by atomic mass is 9.90. The van der Waals surface area contributed by atoms with E-state index in [1.54, 1.807) is 12.5 Å². The van der Waals surface area contributed by atoms with Crippen LogP contribution in [0.2, 0.25) is 0 Å². The van der Waals surface area contributed by atoms with Gasteiger partial charge in [-0.3, -0.25) is 0 Å². The molecule has 0 unspecified atom stereocenters. The van der Waals surface area contributed by atoms with Gasteiger partial charge in [0.1, 0.15) is 18.3 Å². The van der Waals surface area contributed by atoms with E-state index in [1.807, 2.05) is 0 Å². The van der Waals surface area contributed by atoms with E-state index < -0.39 is 0 Å². The van der Waals surface area contributed by atoms with Crippen LogP contribution in [0.1, 0.15) is 44.1 Å². The van der Waals surface area contributed by atoms with Gasteiger partial charge in [0, 0.05) is 19.4 Å². The average molecular weight is 402 g/mol. The fraction of sp³-hybridized carbons (Fsp3) is 0.407. The Labute approximate surface area is 180 Å². The predicted molar refractivity (Wildman–Crippen MR) is 121 cm³/mol. The van der Waals surface area contributed by atoms with Crippen LogP contribution in [0.5, 0.6) is 0 Å². The summed E-state index contributed by atoms with van der Waals surface area (Å²) in [5.74, 6) is 8.65. The summed E-state index contributed by atoms with van der Waals surface area (Å²) in [7, 11) is 0. The first-order valence-electron chi connectivity index (χ1n) is 11.2. The predicted octanol–water partition coefficient (Wildman–Crippen LogP) is 5.73. The van der Waals surface area contributed by atoms with Crippen LogP contribution in [-0.2, 0) is 15.9 Å². The number of hydrogen-bond donors (Lipinski definition) is 0. The van der Waals surface area contributed by atoms with Crippen molar-refractivity contribution in [1.82, 2.24) is 4.90 Å². The third-order valence-corrected chi connectivity index (χ3v) is 5.96. The van der Waals surface area contributed by atoms with Crippen molar-refractivity contribution >= 4 is 0 Å². The van der Waals surface area contributed by atoms with Crippen LogP contribution in [0.25, 0.3) is 0 Å². The van der Waals surface area contributed by atoms with Crippen molar-refractivity contribution in [2.45, 2.75) is 44.9 Å². The molecule has 2 aliphatic heterocycles. The zero-order valence-electron chi connectivity index (χ0n) is 17.7. The van der Waals surface area contributed by atoms with Gasteiger partial charge in [0.2, 0.25) is 5.76 Å². The van der Waals surface area contributed by atoms with Gasteiger partial charge in [-0.05, 0) is 62.6 Å². The van der Waals surface area contributed by atoms with E-state index in [4.69, 9.17) is 9.47 Å². The molecule has 1 fully saturated rings. The van der Waals surface area contributed by atoms with Gasteiger partial charge in [-0.1, -0.05) is 60.1 Å². The Morgan fingerprint density at radius 1 is 1.07 bits per heavy atom. The Balaban J connectivity index is 1.15. The minimum absolute atomic E-state index is 0.612. The second kappa shape index (κ2) is 10.9.